The summed E-state index contributed by atoms with van der Waals surface area (Å²) in [4.78, 5) is 1.80. The molecule has 0 unspecified atom stereocenters. The number of aromatic nitrogens is 1. The van der Waals surface area contributed by atoms with Crippen molar-refractivity contribution >= 4 is 16.7 Å². The number of benzene rings is 1. The number of nitrogens with zero attached hydrogens (tertiary/aromatic N) is 2. The van der Waals surface area contributed by atoms with Crippen LogP contribution in [-0.2, 0) is 0 Å². The molecule has 0 radical (unpaired) electrons. The summed E-state index contributed by atoms with van der Waals surface area (Å²) < 4.78 is 0.954. The van der Waals surface area contributed by atoms with Gasteiger partial charge in [-0.1, -0.05) is 18.2 Å². The third kappa shape index (κ3) is 1.27. The minimum atomic E-state index is 0.656. The fourth-order valence-electron chi connectivity index (χ4n) is 1.50. The lowest BCUT2D eigenvalue weighted by Crippen LogP contribution is -2.34. The Bertz CT molecular complexity index is 466. The van der Waals surface area contributed by atoms with E-state index < -0.39 is 0 Å². The molecule has 72 valence electrons. The molecular weight excluding hydrogens is 176 g/mol. The molecule has 0 amide bonds. The molecule has 2 aromatic rings. The zero-order valence-corrected chi connectivity index (χ0v) is 8.27. The first kappa shape index (κ1) is 8.81. The molecule has 0 aliphatic heterocycles. The molecule has 0 spiro atoms. The molecule has 1 heterocycles. The molecule has 0 saturated heterocycles. The van der Waals surface area contributed by atoms with E-state index in [4.69, 9.17) is 0 Å². The van der Waals surface area contributed by atoms with Gasteiger partial charge in [0.05, 0.1) is 14.1 Å². The van der Waals surface area contributed by atoms with Crippen LogP contribution in [0.2, 0.25) is 0 Å². The van der Waals surface area contributed by atoms with E-state index in [1.54, 1.807) is 4.90 Å². The lowest BCUT2D eigenvalue weighted by atomic mass is 10.2. The number of fused-ring (bicyclic) bond motifs is 1. The third-order valence-electron chi connectivity index (χ3n) is 2.23. The van der Waals surface area contributed by atoms with Gasteiger partial charge in [0.1, 0.15) is 5.52 Å². The van der Waals surface area contributed by atoms with Gasteiger partial charge in [0.2, 0.25) is 0 Å². The molecule has 0 N–H and O–H groups in total. The van der Waals surface area contributed by atoms with E-state index in [-0.39, 0.29) is 0 Å². The summed E-state index contributed by atoms with van der Waals surface area (Å²) in [6.45, 7) is 0. The van der Waals surface area contributed by atoms with Gasteiger partial charge < -0.3 is 5.21 Å². The van der Waals surface area contributed by atoms with Crippen LogP contribution in [0.15, 0.2) is 36.4 Å². The lowest BCUT2D eigenvalue weighted by molar-refractivity contribution is -0.563. The van der Waals surface area contributed by atoms with Crippen LogP contribution >= 0.6 is 0 Å². The number of hydrogen-bond donors (Lipinski definition) is 0. The van der Waals surface area contributed by atoms with E-state index in [0.29, 0.717) is 11.3 Å². The molecule has 1 aromatic heterocycles. The molecule has 2 rings (SSSR count). The molecular formula is C11H12N2O. The van der Waals surface area contributed by atoms with Crippen LogP contribution in [0.1, 0.15) is 0 Å². The molecule has 3 heteroatoms. The van der Waals surface area contributed by atoms with Crippen LogP contribution in [0.3, 0.4) is 0 Å². The summed E-state index contributed by atoms with van der Waals surface area (Å²) in [5.41, 5.74) is 0.707. The van der Waals surface area contributed by atoms with Crippen molar-refractivity contribution in [2.45, 2.75) is 0 Å². The van der Waals surface area contributed by atoms with Crippen LogP contribution in [0.5, 0.6) is 0 Å². The van der Waals surface area contributed by atoms with Crippen LogP contribution < -0.4 is 9.63 Å². The minimum Gasteiger partial charge on any atom is -0.710 e. The second-order valence-electron chi connectivity index (χ2n) is 3.44. The zero-order chi connectivity index (χ0) is 10.1. The SMILES string of the molecule is CN(C)c1ccc2ccccc2[n+]1[O-]. The normalized spacial score (nSPS) is 10.4. The van der Waals surface area contributed by atoms with E-state index >= 15 is 0 Å². The predicted octanol–water partition coefficient (Wildman–Crippen LogP) is 1.54. The van der Waals surface area contributed by atoms with Gasteiger partial charge >= 0.3 is 0 Å². The first-order valence-electron chi connectivity index (χ1n) is 4.49. The Morgan fingerprint density at radius 2 is 1.79 bits per heavy atom. The maximum atomic E-state index is 11.8. The van der Waals surface area contributed by atoms with Crippen molar-refractivity contribution < 1.29 is 4.73 Å². The van der Waals surface area contributed by atoms with E-state index in [0.717, 1.165) is 10.1 Å². The van der Waals surface area contributed by atoms with Crippen LogP contribution in [0.4, 0.5) is 5.82 Å². The summed E-state index contributed by atoms with van der Waals surface area (Å²) in [5.74, 6) is 0.656. The van der Waals surface area contributed by atoms with Gasteiger partial charge in [-0.15, -0.1) is 0 Å². The highest BCUT2D eigenvalue weighted by Crippen LogP contribution is 2.13. The van der Waals surface area contributed by atoms with Crippen molar-refractivity contribution in [1.29, 1.82) is 0 Å². The van der Waals surface area contributed by atoms with Crippen molar-refractivity contribution in [3.05, 3.63) is 41.6 Å². The summed E-state index contributed by atoms with van der Waals surface area (Å²) in [6.07, 6.45) is 0. The summed E-state index contributed by atoms with van der Waals surface area (Å²) in [6, 6.07) is 11.3. The van der Waals surface area contributed by atoms with E-state index in [9.17, 15) is 5.21 Å². The minimum absolute atomic E-state index is 0.656. The molecule has 3 nitrogen and oxygen atoms in total. The quantitative estimate of drug-likeness (QED) is 0.502. The van der Waals surface area contributed by atoms with E-state index in [1.165, 1.54) is 0 Å². The monoisotopic (exact) mass is 188 g/mol. The molecule has 0 atom stereocenters. The average Bonchev–Trinajstić information content (AvgIpc) is 2.18. The summed E-state index contributed by atoms with van der Waals surface area (Å²) in [7, 11) is 3.72. The van der Waals surface area contributed by atoms with Gasteiger partial charge in [-0.05, 0) is 12.1 Å². The standard InChI is InChI=1S/C11H12N2O/c1-12(2)11-8-7-9-5-3-4-6-10(9)13(11)14/h3-8H,1-2H3. The van der Waals surface area contributed by atoms with Gasteiger partial charge in [0.15, 0.2) is 0 Å². The zero-order valence-electron chi connectivity index (χ0n) is 8.27. The number of hydrogen-bond acceptors (Lipinski definition) is 2. The van der Waals surface area contributed by atoms with Crippen molar-refractivity contribution in [1.82, 2.24) is 0 Å². The van der Waals surface area contributed by atoms with Crippen LogP contribution in [-0.4, -0.2) is 14.1 Å². The highest BCUT2D eigenvalue weighted by Gasteiger charge is 2.08. The molecule has 0 saturated carbocycles. The van der Waals surface area contributed by atoms with Crippen molar-refractivity contribution in [2.75, 3.05) is 19.0 Å². The Labute approximate surface area is 82.8 Å². The Kier molecular flexibility index (Phi) is 2.00. The van der Waals surface area contributed by atoms with Crippen LogP contribution in [0, 0.1) is 5.21 Å². The first-order chi connectivity index (χ1) is 6.70. The van der Waals surface area contributed by atoms with Gasteiger partial charge in [-0.2, -0.15) is 0 Å². The fraction of sp³-hybridized carbons (Fsp3) is 0.182. The molecule has 14 heavy (non-hydrogen) atoms. The van der Waals surface area contributed by atoms with Gasteiger partial charge in [-0.3, -0.25) is 4.90 Å². The van der Waals surface area contributed by atoms with E-state index in [2.05, 4.69) is 0 Å². The average molecular weight is 188 g/mol. The second kappa shape index (κ2) is 3.18. The molecule has 1 aromatic carbocycles. The maximum Gasteiger partial charge on any atom is 0.279 e. The smallest absolute Gasteiger partial charge is 0.279 e. The number of pyridine rings is 1. The Balaban J connectivity index is 2.75. The Morgan fingerprint density at radius 1 is 1.07 bits per heavy atom. The second-order valence-corrected chi connectivity index (χ2v) is 3.44. The third-order valence-corrected chi connectivity index (χ3v) is 2.23. The number of para-hydroxylation sites is 1. The predicted molar refractivity (Wildman–Crippen MR) is 57.2 cm³/mol. The highest BCUT2D eigenvalue weighted by molar-refractivity contribution is 5.76. The van der Waals surface area contributed by atoms with Gasteiger partial charge in [0, 0.05) is 11.5 Å². The summed E-state index contributed by atoms with van der Waals surface area (Å²) in [5, 5.41) is 12.8. The van der Waals surface area contributed by atoms with Crippen molar-refractivity contribution in [3.8, 4) is 0 Å². The van der Waals surface area contributed by atoms with Crippen LogP contribution in [0.25, 0.3) is 10.9 Å². The molecule has 0 fully saturated rings. The molecule has 0 bridgehead atoms. The van der Waals surface area contributed by atoms with Gasteiger partial charge in [0.25, 0.3) is 5.82 Å². The summed E-state index contributed by atoms with van der Waals surface area (Å²) >= 11 is 0. The maximum absolute atomic E-state index is 11.8. The highest BCUT2D eigenvalue weighted by atomic mass is 16.5. The van der Waals surface area contributed by atoms with Gasteiger partial charge in [-0.25, -0.2) is 4.73 Å². The molecule has 0 aliphatic carbocycles. The van der Waals surface area contributed by atoms with Crippen molar-refractivity contribution in [2.24, 2.45) is 0 Å². The van der Waals surface area contributed by atoms with Crippen molar-refractivity contribution in [3.63, 3.8) is 0 Å². The van der Waals surface area contributed by atoms with E-state index in [1.807, 2.05) is 50.5 Å². The fourth-order valence-corrected chi connectivity index (χ4v) is 1.50. The Morgan fingerprint density at radius 3 is 2.50 bits per heavy atom. The lowest BCUT2D eigenvalue weighted by Gasteiger charge is -2.14. The molecule has 0 aliphatic rings. The topological polar surface area (TPSA) is 30.2 Å². The first-order valence-corrected chi connectivity index (χ1v) is 4.49. The number of rotatable bonds is 1. The largest absolute Gasteiger partial charge is 0.710 e. The number of anilines is 1. The Hall–Kier alpha value is -1.77.